The average molecular weight is 360 g/mol. The van der Waals surface area contributed by atoms with Gasteiger partial charge in [0.1, 0.15) is 5.75 Å². The molecule has 2 aromatic rings. The van der Waals surface area contributed by atoms with Gasteiger partial charge in [0, 0.05) is 19.8 Å². The Morgan fingerprint density at radius 1 is 1.25 bits per heavy atom. The zero-order valence-corrected chi connectivity index (χ0v) is 13.8. The van der Waals surface area contributed by atoms with E-state index in [0.717, 1.165) is 12.1 Å². The number of anilines is 1. The maximum absolute atomic E-state index is 13.0. The first-order chi connectivity index (χ1) is 11.3. The van der Waals surface area contributed by atoms with Crippen molar-refractivity contribution in [3.63, 3.8) is 0 Å². The molecule has 0 unspecified atom stereocenters. The fourth-order valence-electron chi connectivity index (χ4n) is 2.76. The molecule has 5 nitrogen and oxygen atoms in total. The van der Waals surface area contributed by atoms with Crippen LogP contribution in [0.15, 0.2) is 18.2 Å². The Morgan fingerprint density at radius 3 is 2.50 bits per heavy atom. The highest BCUT2D eigenvalue weighted by Gasteiger charge is 2.45. The van der Waals surface area contributed by atoms with Gasteiger partial charge in [-0.1, -0.05) is 11.3 Å². The third-order valence-electron chi connectivity index (χ3n) is 3.68. The lowest BCUT2D eigenvalue weighted by atomic mass is 9.94. The molecule has 1 aliphatic rings. The first-order valence-electron chi connectivity index (χ1n) is 6.96. The van der Waals surface area contributed by atoms with Crippen molar-refractivity contribution in [2.24, 2.45) is 0 Å². The maximum Gasteiger partial charge on any atom is 0.416 e. The van der Waals surface area contributed by atoms with Gasteiger partial charge in [0.05, 0.1) is 29.3 Å². The fraction of sp³-hybridized carbons (Fsp3) is 0.400. The summed E-state index contributed by atoms with van der Waals surface area (Å²) in [5.74, 6) is 0.0803. The predicted octanol–water partition coefficient (Wildman–Crippen LogP) is 3.29. The quantitative estimate of drug-likeness (QED) is 0.906. The highest BCUT2D eigenvalue weighted by molar-refractivity contribution is 7.16. The number of nitrogens with zero attached hydrogens (tertiary/aromatic N) is 1. The van der Waals surface area contributed by atoms with Crippen molar-refractivity contribution in [2.45, 2.75) is 11.8 Å². The highest BCUT2D eigenvalue weighted by atomic mass is 32.1. The summed E-state index contributed by atoms with van der Waals surface area (Å²) in [5.41, 5.74) is 4.90. The van der Waals surface area contributed by atoms with Crippen LogP contribution in [0.25, 0.3) is 11.3 Å². The number of alkyl halides is 3. The van der Waals surface area contributed by atoms with Crippen LogP contribution in [0.2, 0.25) is 0 Å². The molecule has 0 saturated carbocycles. The minimum absolute atomic E-state index is 0.0803. The van der Waals surface area contributed by atoms with Crippen molar-refractivity contribution >= 4 is 16.5 Å². The summed E-state index contributed by atoms with van der Waals surface area (Å²) in [6.45, 7) is 0.177. The number of rotatable bonds is 4. The van der Waals surface area contributed by atoms with Crippen LogP contribution < -0.4 is 10.5 Å². The zero-order chi connectivity index (χ0) is 17.5. The van der Waals surface area contributed by atoms with Crippen molar-refractivity contribution in [3.8, 4) is 17.0 Å². The topological polar surface area (TPSA) is 66.6 Å². The number of halogens is 3. The molecule has 0 radical (unpaired) electrons. The van der Waals surface area contributed by atoms with E-state index in [-0.39, 0.29) is 19.0 Å². The van der Waals surface area contributed by atoms with Crippen LogP contribution in [0.1, 0.15) is 10.4 Å². The molecule has 9 heteroatoms. The lowest BCUT2D eigenvalue weighted by Gasteiger charge is -2.37. The summed E-state index contributed by atoms with van der Waals surface area (Å²) in [6.07, 6.45) is -4.47. The molecule has 0 bridgehead atoms. The van der Waals surface area contributed by atoms with E-state index in [9.17, 15) is 13.2 Å². The number of ether oxygens (including phenoxy) is 3. The Labute approximate surface area is 140 Å². The molecule has 0 amide bonds. The Kier molecular flexibility index (Phi) is 4.18. The smallest absolute Gasteiger partial charge is 0.416 e. The van der Waals surface area contributed by atoms with Crippen LogP contribution in [0.3, 0.4) is 0 Å². The molecular formula is C15H15F3N2O3S. The molecule has 1 aromatic heterocycles. The van der Waals surface area contributed by atoms with Crippen molar-refractivity contribution in [1.29, 1.82) is 0 Å². The number of nitrogens with two attached hydrogens (primary N) is 1. The molecule has 0 atom stereocenters. The lowest BCUT2D eigenvalue weighted by Crippen LogP contribution is -2.43. The number of hydrogen-bond acceptors (Lipinski definition) is 6. The second-order valence-electron chi connectivity index (χ2n) is 5.40. The van der Waals surface area contributed by atoms with Crippen molar-refractivity contribution < 1.29 is 27.4 Å². The van der Waals surface area contributed by atoms with Gasteiger partial charge in [0.15, 0.2) is 10.7 Å². The van der Waals surface area contributed by atoms with E-state index >= 15 is 0 Å². The SMILES string of the molecule is COCC1(COC)Oc2cc(C(F)(F)F)ccc2-c2nc(N)sc21. The largest absolute Gasteiger partial charge is 0.476 e. The number of fused-ring (bicyclic) bond motifs is 3. The van der Waals surface area contributed by atoms with Gasteiger partial charge in [-0.2, -0.15) is 13.2 Å². The Balaban J connectivity index is 2.20. The number of methoxy groups -OCH3 is 2. The average Bonchev–Trinajstić information content (AvgIpc) is 2.89. The Bertz CT molecular complexity index is 755. The Hall–Kier alpha value is -1.84. The first-order valence-corrected chi connectivity index (χ1v) is 7.77. The summed E-state index contributed by atoms with van der Waals surface area (Å²) in [5, 5.41) is 0.299. The van der Waals surface area contributed by atoms with Crippen LogP contribution >= 0.6 is 11.3 Å². The monoisotopic (exact) mass is 360 g/mol. The van der Waals surface area contributed by atoms with E-state index in [1.807, 2.05) is 0 Å². The molecule has 2 heterocycles. The minimum Gasteiger partial charge on any atom is -0.476 e. The van der Waals surface area contributed by atoms with E-state index < -0.39 is 17.3 Å². The third-order valence-corrected chi connectivity index (χ3v) is 4.75. The van der Waals surface area contributed by atoms with Crippen LogP contribution in [0.4, 0.5) is 18.3 Å². The van der Waals surface area contributed by atoms with Crippen molar-refractivity contribution in [2.75, 3.05) is 33.2 Å². The molecule has 0 saturated heterocycles. The zero-order valence-electron chi connectivity index (χ0n) is 12.9. The number of hydrogen-bond donors (Lipinski definition) is 1. The van der Waals surface area contributed by atoms with Gasteiger partial charge in [-0.3, -0.25) is 0 Å². The lowest BCUT2D eigenvalue weighted by molar-refractivity contribution is -0.138. The van der Waals surface area contributed by atoms with E-state index in [1.165, 1.54) is 31.6 Å². The molecule has 3 rings (SSSR count). The molecule has 24 heavy (non-hydrogen) atoms. The maximum atomic E-state index is 13.0. The standard InChI is InChI=1S/C15H15F3N2O3S/c1-21-6-14(7-22-2)12-11(20-13(19)24-12)9-4-3-8(15(16,17)18)5-10(9)23-14/h3-5H,6-7H2,1-2H3,(H2,19,20). The third kappa shape index (κ3) is 2.72. The second-order valence-corrected chi connectivity index (χ2v) is 6.43. The van der Waals surface area contributed by atoms with E-state index in [4.69, 9.17) is 19.9 Å². The van der Waals surface area contributed by atoms with Gasteiger partial charge in [0.25, 0.3) is 0 Å². The van der Waals surface area contributed by atoms with Gasteiger partial charge in [-0.25, -0.2) is 4.98 Å². The molecular weight excluding hydrogens is 345 g/mol. The summed E-state index contributed by atoms with van der Waals surface area (Å²) in [4.78, 5) is 4.94. The molecule has 1 aromatic carbocycles. The van der Waals surface area contributed by atoms with Gasteiger partial charge in [-0.15, -0.1) is 0 Å². The van der Waals surface area contributed by atoms with Gasteiger partial charge < -0.3 is 19.9 Å². The molecule has 0 fully saturated rings. The molecule has 2 N–H and O–H groups in total. The first kappa shape index (κ1) is 17.0. The Morgan fingerprint density at radius 2 is 1.92 bits per heavy atom. The highest BCUT2D eigenvalue weighted by Crippen LogP contribution is 2.49. The van der Waals surface area contributed by atoms with Gasteiger partial charge in [0.2, 0.25) is 0 Å². The number of benzene rings is 1. The molecule has 0 aliphatic carbocycles. The molecule has 130 valence electrons. The van der Waals surface area contributed by atoms with E-state index in [1.54, 1.807) is 0 Å². The molecule has 0 spiro atoms. The van der Waals surface area contributed by atoms with Gasteiger partial charge in [-0.05, 0) is 18.2 Å². The summed E-state index contributed by atoms with van der Waals surface area (Å²) >= 11 is 1.21. The van der Waals surface area contributed by atoms with Crippen LogP contribution in [0, 0.1) is 0 Å². The van der Waals surface area contributed by atoms with E-state index in [2.05, 4.69) is 4.98 Å². The van der Waals surface area contributed by atoms with Crippen LogP contribution in [-0.2, 0) is 21.3 Å². The predicted molar refractivity (Wildman–Crippen MR) is 83.0 cm³/mol. The summed E-state index contributed by atoms with van der Waals surface area (Å²) in [7, 11) is 2.96. The summed E-state index contributed by atoms with van der Waals surface area (Å²) < 4.78 is 55.4. The van der Waals surface area contributed by atoms with Crippen LogP contribution in [-0.4, -0.2) is 32.4 Å². The minimum atomic E-state index is -4.47. The van der Waals surface area contributed by atoms with Crippen molar-refractivity contribution in [3.05, 3.63) is 28.6 Å². The second kappa shape index (κ2) is 5.91. The van der Waals surface area contributed by atoms with Gasteiger partial charge >= 0.3 is 6.18 Å². The summed E-state index contributed by atoms with van der Waals surface area (Å²) in [6, 6.07) is 3.31. The van der Waals surface area contributed by atoms with Crippen molar-refractivity contribution in [1.82, 2.24) is 4.98 Å². The normalized spacial score (nSPS) is 15.5. The van der Waals surface area contributed by atoms with Crippen LogP contribution in [0.5, 0.6) is 5.75 Å². The fourth-order valence-corrected chi connectivity index (χ4v) is 3.71. The number of aromatic nitrogens is 1. The number of thiazole rings is 1. The molecule has 1 aliphatic heterocycles. The van der Waals surface area contributed by atoms with E-state index in [0.29, 0.717) is 21.3 Å². The number of nitrogen functional groups attached to an aromatic ring is 1.